The van der Waals surface area contributed by atoms with Crippen molar-refractivity contribution in [2.24, 2.45) is 0 Å². The van der Waals surface area contributed by atoms with E-state index < -0.39 is 23.2 Å². The third-order valence-corrected chi connectivity index (χ3v) is 5.73. The van der Waals surface area contributed by atoms with Crippen molar-refractivity contribution in [1.29, 1.82) is 0 Å². The number of pyridine rings is 1. The minimum Gasteiger partial charge on any atom is -0.487 e. The number of carbonyl (C=O) groups is 1. The van der Waals surface area contributed by atoms with Gasteiger partial charge >= 0.3 is 5.97 Å². The summed E-state index contributed by atoms with van der Waals surface area (Å²) in [4.78, 5) is 24.9. The van der Waals surface area contributed by atoms with Gasteiger partial charge in [-0.05, 0) is 69.1 Å². The molecule has 5 nitrogen and oxygen atoms in total. The Morgan fingerprint density at radius 1 is 1.10 bits per heavy atom. The molecular formula is C21H15Br2F2NO4. The highest BCUT2D eigenvalue weighted by Crippen LogP contribution is 2.27. The third kappa shape index (κ3) is 4.46. The zero-order chi connectivity index (χ0) is 22.0. The minimum absolute atomic E-state index is 0.123. The van der Waals surface area contributed by atoms with Crippen LogP contribution in [0.2, 0.25) is 0 Å². The van der Waals surface area contributed by atoms with Gasteiger partial charge in [-0.1, -0.05) is 0 Å². The van der Waals surface area contributed by atoms with Crippen LogP contribution in [0.5, 0.6) is 5.75 Å². The van der Waals surface area contributed by atoms with Crippen LogP contribution in [0.15, 0.2) is 56.2 Å². The van der Waals surface area contributed by atoms with Crippen LogP contribution in [-0.2, 0) is 11.3 Å². The molecule has 0 saturated carbocycles. The Labute approximate surface area is 187 Å². The molecule has 0 bridgehead atoms. The van der Waals surface area contributed by atoms with Crippen molar-refractivity contribution < 1.29 is 23.0 Å². The molecule has 0 amide bonds. The maximum Gasteiger partial charge on any atom is 0.339 e. The van der Waals surface area contributed by atoms with Crippen LogP contribution in [0.3, 0.4) is 0 Å². The predicted octanol–water partition coefficient (Wildman–Crippen LogP) is 5.31. The number of nitrogens with zero attached hydrogens (tertiary/aromatic N) is 1. The third-order valence-electron chi connectivity index (χ3n) is 4.31. The Bertz CT molecular complexity index is 1190. The van der Waals surface area contributed by atoms with E-state index in [-0.39, 0.29) is 28.0 Å². The van der Waals surface area contributed by atoms with E-state index in [0.717, 1.165) is 12.1 Å². The molecule has 30 heavy (non-hydrogen) atoms. The molecule has 2 aromatic carbocycles. The number of methoxy groups -OCH3 is 1. The van der Waals surface area contributed by atoms with Crippen LogP contribution < -0.4 is 10.3 Å². The molecule has 0 radical (unpaired) electrons. The number of aromatic nitrogens is 1. The van der Waals surface area contributed by atoms with Crippen LogP contribution in [-0.4, -0.2) is 17.6 Å². The lowest BCUT2D eigenvalue weighted by molar-refractivity contribution is 0.0599. The fourth-order valence-corrected chi connectivity index (χ4v) is 3.63. The van der Waals surface area contributed by atoms with E-state index in [4.69, 9.17) is 9.47 Å². The number of hydrogen-bond donors (Lipinski definition) is 0. The summed E-state index contributed by atoms with van der Waals surface area (Å²) in [5.41, 5.74) is 0.974. The second-order valence-electron chi connectivity index (χ2n) is 6.28. The van der Waals surface area contributed by atoms with Gasteiger partial charge in [0, 0.05) is 33.6 Å². The predicted molar refractivity (Wildman–Crippen MR) is 114 cm³/mol. The van der Waals surface area contributed by atoms with Crippen molar-refractivity contribution in [1.82, 2.24) is 4.57 Å². The topological polar surface area (TPSA) is 57.5 Å². The Morgan fingerprint density at radius 3 is 2.50 bits per heavy atom. The quantitative estimate of drug-likeness (QED) is 0.410. The molecule has 3 rings (SSSR count). The summed E-state index contributed by atoms with van der Waals surface area (Å²) in [6, 6.07) is 9.63. The normalized spacial score (nSPS) is 10.7. The molecule has 0 unspecified atom stereocenters. The van der Waals surface area contributed by atoms with Crippen molar-refractivity contribution in [3.05, 3.63) is 90.2 Å². The minimum atomic E-state index is -0.735. The van der Waals surface area contributed by atoms with Gasteiger partial charge in [0.2, 0.25) is 0 Å². The van der Waals surface area contributed by atoms with E-state index in [0.29, 0.717) is 15.9 Å². The lowest BCUT2D eigenvalue weighted by Gasteiger charge is -2.16. The summed E-state index contributed by atoms with van der Waals surface area (Å²) in [7, 11) is 1.27. The SMILES string of the molecule is COC(=O)c1cc(-n2c(C)cc(OCc3ccc(F)cc3F)c(Br)c2=O)ccc1Br. The summed E-state index contributed by atoms with van der Waals surface area (Å²) in [6.07, 6.45) is 0. The molecule has 1 heterocycles. The Kier molecular flexibility index (Phi) is 6.72. The Balaban J connectivity index is 1.97. The monoisotopic (exact) mass is 541 g/mol. The summed E-state index contributed by atoms with van der Waals surface area (Å²) < 4.78 is 39.3. The highest BCUT2D eigenvalue weighted by Gasteiger charge is 2.17. The van der Waals surface area contributed by atoms with Crippen LogP contribution >= 0.6 is 31.9 Å². The van der Waals surface area contributed by atoms with E-state index in [1.54, 1.807) is 25.1 Å². The number of ether oxygens (including phenoxy) is 2. The van der Waals surface area contributed by atoms with Gasteiger partial charge in [-0.15, -0.1) is 0 Å². The van der Waals surface area contributed by atoms with Gasteiger partial charge in [0.05, 0.1) is 12.7 Å². The van der Waals surface area contributed by atoms with Gasteiger partial charge in [0.25, 0.3) is 5.56 Å². The first-order valence-corrected chi connectivity index (χ1v) is 10.2. The fourth-order valence-electron chi connectivity index (χ4n) is 2.82. The lowest BCUT2D eigenvalue weighted by Crippen LogP contribution is -2.22. The van der Waals surface area contributed by atoms with Crippen molar-refractivity contribution in [3.8, 4) is 11.4 Å². The molecule has 0 saturated heterocycles. The van der Waals surface area contributed by atoms with Crippen LogP contribution in [0.1, 0.15) is 21.6 Å². The second kappa shape index (κ2) is 9.09. The molecule has 0 N–H and O–H groups in total. The van der Waals surface area contributed by atoms with E-state index in [9.17, 15) is 18.4 Å². The van der Waals surface area contributed by atoms with Gasteiger partial charge in [0.15, 0.2) is 0 Å². The standard InChI is InChI=1S/C21H15Br2F2NO4/c1-11-7-18(30-10-12-3-4-13(24)8-17(12)25)19(23)20(27)26(11)14-5-6-16(22)15(9-14)21(28)29-2/h3-9H,10H2,1-2H3. The summed E-state index contributed by atoms with van der Waals surface area (Å²) in [6.45, 7) is 1.51. The first-order valence-electron chi connectivity index (χ1n) is 8.60. The molecular weight excluding hydrogens is 528 g/mol. The number of carbonyl (C=O) groups excluding carboxylic acids is 1. The van der Waals surface area contributed by atoms with Crippen molar-refractivity contribution in [3.63, 3.8) is 0 Å². The molecule has 0 spiro atoms. The number of halogens is 4. The van der Waals surface area contributed by atoms with E-state index in [1.807, 2.05) is 0 Å². The average Bonchev–Trinajstić information content (AvgIpc) is 2.71. The van der Waals surface area contributed by atoms with Gasteiger partial charge in [-0.3, -0.25) is 9.36 Å². The van der Waals surface area contributed by atoms with Crippen LogP contribution in [0.4, 0.5) is 8.78 Å². The van der Waals surface area contributed by atoms with Crippen molar-refractivity contribution in [2.45, 2.75) is 13.5 Å². The van der Waals surface area contributed by atoms with Gasteiger partial charge in [-0.2, -0.15) is 0 Å². The molecule has 9 heteroatoms. The maximum atomic E-state index is 13.8. The number of hydrogen-bond acceptors (Lipinski definition) is 4. The van der Waals surface area contributed by atoms with E-state index in [2.05, 4.69) is 31.9 Å². The van der Waals surface area contributed by atoms with Gasteiger partial charge in [0.1, 0.15) is 28.5 Å². The molecule has 156 valence electrons. The Morgan fingerprint density at radius 2 is 1.83 bits per heavy atom. The van der Waals surface area contributed by atoms with E-state index >= 15 is 0 Å². The van der Waals surface area contributed by atoms with Crippen molar-refractivity contribution in [2.75, 3.05) is 7.11 Å². The largest absolute Gasteiger partial charge is 0.487 e. The molecule has 0 atom stereocenters. The number of esters is 1. The molecule has 0 aliphatic rings. The number of rotatable bonds is 5. The van der Waals surface area contributed by atoms with Crippen LogP contribution in [0, 0.1) is 18.6 Å². The van der Waals surface area contributed by atoms with Gasteiger partial charge in [-0.25, -0.2) is 13.6 Å². The number of aryl methyl sites for hydroxylation is 1. The smallest absolute Gasteiger partial charge is 0.339 e. The molecule has 0 aliphatic heterocycles. The highest BCUT2D eigenvalue weighted by atomic mass is 79.9. The maximum absolute atomic E-state index is 13.8. The highest BCUT2D eigenvalue weighted by molar-refractivity contribution is 9.10. The van der Waals surface area contributed by atoms with Crippen molar-refractivity contribution >= 4 is 37.8 Å². The average molecular weight is 543 g/mol. The molecule has 3 aromatic rings. The lowest BCUT2D eigenvalue weighted by atomic mass is 10.2. The molecule has 0 fully saturated rings. The zero-order valence-electron chi connectivity index (χ0n) is 15.8. The fraction of sp³-hybridized carbons (Fsp3) is 0.143. The number of benzene rings is 2. The summed E-state index contributed by atoms with van der Waals surface area (Å²) in [5, 5.41) is 0. The van der Waals surface area contributed by atoms with E-state index in [1.165, 1.54) is 23.8 Å². The van der Waals surface area contributed by atoms with Crippen LogP contribution in [0.25, 0.3) is 5.69 Å². The summed E-state index contributed by atoms with van der Waals surface area (Å²) >= 11 is 6.52. The molecule has 1 aromatic heterocycles. The molecule has 0 aliphatic carbocycles. The first kappa shape index (κ1) is 22.2. The zero-order valence-corrected chi connectivity index (χ0v) is 19.0. The second-order valence-corrected chi connectivity index (χ2v) is 7.93. The first-order chi connectivity index (χ1) is 14.2. The van der Waals surface area contributed by atoms with Gasteiger partial charge < -0.3 is 9.47 Å². The Hall–Kier alpha value is -2.52. The summed E-state index contributed by atoms with van der Waals surface area (Å²) in [5.74, 6) is -1.75.